The second kappa shape index (κ2) is 6.88. The Labute approximate surface area is 132 Å². The van der Waals surface area contributed by atoms with E-state index in [2.05, 4.69) is 42.7 Å². The SMILES string of the molecule is CC(C)c1cc(NC2CCCNC2)nc(-c2ccccc2)n1. The molecule has 0 saturated carbocycles. The van der Waals surface area contributed by atoms with E-state index < -0.39 is 0 Å². The Bertz CT molecular complexity index is 604. The lowest BCUT2D eigenvalue weighted by Crippen LogP contribution is -2.38. The van der Waals surface area contributed by atoms with Crippen molar-refractivity contribution in [3.63, 3.8) is 0 Å². The highest BCUT2D eigenvalue weighted by Gasteiger charge is 2.15. The van der Waals surface area contributed by atoms with Crippen LogP contribution in [0.5, 0.6) is 0 Å². The maximum Gasteiger partial charge on any atom is 0.161 e. The summed E-state index contributed by atoms with van der Waals surface area (Å²) in [6, 6.07) is 12.7. The van der Waals surface area contributed by atoms with Crippen LogP contribution in [0.2, 0.25) is 0 Å². The summed E-state index contributed by atoms with van der Waals surface area (Å²) in [5.74, 6) is 2.12. The smallest absolute Gasteiger partial charge is 0.161 e. The van der Waals surface area contributed by atoms with Gasteiger partial charge in [0, 0.05) is 29.9 Å². The highest BCUT2D eigenvalue weighted by atomic mass is 15.1. The van der Waals surface area contributed by atoms with Crippen molar-refractivity contribution in [1.29, 1.82) is 0 Å². The van der Waals surface area contributed by atoms with Crippen LogP contribution in [0.15, 0.2) is 36.4 Å². The molecular formula is C18H24N4. The summed E-state index contributed by atoms with van der Waals surface area (Å²) < 4.78 is 0. The Morgan fingerprint density at radius 1 is 1.18 bits per heavy atom. The highest BCUT2D eigenvalue weighted by Crippen LogP contribution is 2.22. The number of aromatic nitrogens is 2. The fraction of sp³-hybridized carbons (Fsp3) is 0.444. The van der Waals surface area contributed by atoms with E-state index in [1.165, 1.54) is 12.8 Å². The summed E-state index contributed by atoms with van der Waals surface area (Å²) in [5.41, 5.74) is 2.15. The van der Waals surface area contributed by atoms with Crippen molar-refractivity contribution in [3.05, 3.63) is 42.1 Å². The minimum atomic E-state index is 0.385. The van der Waals surface area contributed by atoms with Crippen molar-refractivity contribution >= 4 is 5.82 Å². The van der Waals surface area contributed by atoms with Crippen molar-refractivity contribution in [2.45, 2.75) is 38.6 Å². The van der Waals surface area contributed by atoms with Gasteiger partial charge in [-0.15, -0.1) is 0 Å². The minimum absolute atomic E-state index is 0.385. The van der Waals surface area contributed by atoms with E-state index in [0.29, 0.717) is 12.0 Å². The summed E-state index contributed by atoms with van der Waals surface area (Å²) in [6.45, 7) is 6.46. The Hall–Kier alpha value is -1.94. The van der Waals surface area contributed by atoms with E-state index in [9.17, 15) is 0 Å². The average Bonchev–Trinajstić information content (AvgIpc) is 2.56. The van der Waals surface area contributed by atoms with Crippen LogP contribution in [0, 0.1) is 0 Å². The van der Waals surface area contributed by atoms with E-state index in [-0.39, 0.29) is 0 Å². The highest BCUT2D eigenvalue weighted by molar-refractivity contribution is 5.57. The van der Waals surface area contributed by atoms with Crippen LogP contribution in [-0.2, 0) is 0 Å². The maximum absolute atomic E-state index is 4.73. The van der Waals surface area contributed by atoms with Gasteiger partial charge in [0.1, 0.15) is 5.82 Å². The number of hydrogen-bond acceptors (Lipinski definition) is 4. The first-order chi connectivity index (χ1) is 10.7. The third-order valence-corrected chi connectivity index (χ3v) is 4.02. The molecule has 22 heavy (non-hydrogen) atoms. The first kappa shape index (κ1) is 15.0. The van der Waals surface area contributed by atoms with Crippen LogP contribution in [0.1, 0.15) is 38.3 Å². The van der Waals surface area contributed by atoms with Crippen molar-refractivity contribution in [3.8, 4) is 11.4 Å². The van der Waals surface area contributed by atoms with Crippen molar-refractivity contribution in [1.82, 2.24) is 15.3 Å². The molecule has 1 aliphatic heterocycles. The molecule has 2 heterocycles. The van der Waals surface area contributed by atoms with Crippen LogP contribution < -0.4 is 10.6 Å². The second-order valence-electron chi connectivity index (χ2n) is 6.21. The third-order valence-electron chi connectivity index (χ3n) is 4.02. The van der Waals surface area contributed by atoms with E-state index >= 15 is 0 Å². The summed E-state index contributed by atoms with van der Waals surface area (Å²) in [7, 11) is 0. The lowest BCUT2D eigenvalue weighted by Gasteiger charge is -2.24. The molecule has 2 aromatic rings. The largest absolute Gasteiger partial charge is 0.366 e. The fourth-order valence-corrected chi connectivity index (χ4v) is 2.74. The van der Waals surface area contributed by atoms with Crippen molar-refractivity contribution < 1.29 is 0 Å². The molecule has 3 rings (SSSR count). The zero-order chi connectivity index (χ0) is 15.4. The Kier molecular flexibility index (Phi) is 4.68. The molecule has 1 fully saturated rings. The number of anilines is 1. The molecule has 116 valence electrons. The third kappa shape index (κ3) is 3.63. The standard InChI is InChI=1S/C18H24N4/c1-13(2)16-11-17(20-15-9-6-10-19-12-15)22-18(21-16)14-7-4-3-5-8-14/h3-5,7-8,11,13,15,19H,6,9-10,12H2,1-2H3,(H,20,21,22). The molecule has 0 bridgehead atoms. The maximum atomic E-state index is 4.73. The summed E-state index contributed by atoms with van der Waals surface area (Å²) in [6.07, 6.45) is 2.40. The van der Waals surface area contributed by atoms with Gasteiger partial charge in [0.15, 0.2) is 5.82 Å². The number of hydrogen-bond donors (Lipinski definition) is 2. The minimum Gasteiger partial charge on any atom is -0.366 e. The molecule has 4 heteroatoms. The fourth-order valence-electron chi connectivity index (χ4n) is 2.74. The zero-order valence-corrected chi connectivity index (χ0v) is 13.3. The molecule has 1 atom stereocenters. The van der Waals surface area contributed by atoms with Gasteiger partial charge in [-0.1, -0.05) is 44.2 Å². The van der Waals surface area contributed by atoms with Gasteiger partial charge in [0.05, 0.1) is 0 Å². The first-order valence-corrected chi connectivity index (χ1v) is 8.14. The number of nitrogens with zero attached hydrogens (tertiary/aromatic N) is 2. The van der Waals surface area contributed by atoms with Crippen LogP contribution in [-0.4, -0.2) is 29.1 Å². The van der Waals surface area contributed by atoms with Crippen LogP contribution in [0.3, 0.4) is 0 Å². The monoisotopic (exact) mass is 296 g/mol. The van der Waals surface area contributed by atoms with Gasteiger partial charge in [-0.3, -0.25) is 0 Å². The molecule has 1 unspecified atom stereocenters. The predicted molar refractivity (Wildman–Crippen MR) is 91.1 cm³/mol. The Balaban J connectivity index is 1.90. The Morgan fingerprint density at radius 3 is 2.68 bits per heavy atom. The van der Waals surface area contributed by atoms with Gasteiger partial charge in [-0.05, 0) is 25.3 Å². The quantitative estimate of drug-likeness (QED) is 0.907. The van der Waals surface area contributed by atoms with Crippen LogP contribution >= 0.6 is 0 Å². The molecule has 0 amide bonds. The van der Waals surface area contributed by atoms with Gasteiger partial charge in [-0.2, -0.15) is 0 Å². The molecule has 0 radical (unpaired) electrons. The lowest BCUT2D eigenvalue weighted by molar-refractivity contribution is 0.479. The number of rotatable bonds is 4. The van der Waals surface area contributed by atoms with Gasteiger partial charge in [-0.25, -0.2) is 9.97 Å². The number of piperidine rings is 1. The molecule has 0 aliphatic carbocycles. The lowest BCUT2D eigenvalue weighted by atomic mass is 10.1. The molecular weight excluding hydrogens is 272 g/mol. The van der Waals surface area contributed by atoms with E-state index in [4.69, 9.17) is 9.97 Å². The molecule has 0 spiro atoms. The van der Waals surface area contributed by atoms with Gasteiger partial charge in [0.25, 0.3) is 0 Å². The van der Waals surface area contributed by atoms with Gasteiger partial charge < -0.3 is 10.6 Å². The summed E-state index contributed by atoms with van der Waals surface area (Å²) in [5, 5.41) is 7.01. The van der Waals surface area contributed by atoms with E-state index in [1.54, 1.807) is 0 Å². The Morgan fingerprint density at radius 2 is 2.00 bits per heavy atom. The summed E-state index contributed by atoms with van der Waals surface area (Å²) >= 11 is 0. The molecule has 2 N–H and O–H groups in total. The molecule has 1 saturated heterocycles. The molecule has 1 aromatic carbocycles. The van der Waals surface area contributed by atoms with Gasteiger partial charge in [0.2, 0.25) is 0 Å². The second-order valence-corrected chi connectivity index (χ2v) is 6.21. The van der Waals surface area contributed by atoms with E-state index in [0.717, 1.165) is 36.0 Å². The normalized spacial score (nSPS) is 18.4. The number of nitrogens with one attached hydrogen (secondary N) is 2. The molecule has 1 aliphatic rings. The average molecular weight is 296 g/mol. The predicted octanol–water partition coefficient (Wildman–Crippen LogP) is 3.43. The topological polar surface area (TPSA) is 49.8 Å². The van der Waals surface area contributed by atoms with E-state index in [1.807, 2.05) is 18.2 Å². The molecule has 4 nitrogen and oxygen atoms in total. The van der Waals surface area contributed by atoms with Crippen LogP contribution in [0.25, 0.3) is 11.4 Å². The number of benzene rings is 1. The first-order valence-electron chi connectivity index (χ1n) is 8.14. The van der Waals surface area contributed by atoms with Crippen LogP contribution in [0.4, 0.5) is 5.82 Å². The summed E-state index contributed by atoms with van der Waals surface area (Å²) in [4.78, 5) is 9.46. The zero-order valence-electron chi connectivity index (χ0n) is 13.3. The van der Waals surface area contributed by atoms with Crippen molar-refractivity contribution in [2.24, 2.45) is 0 Å². The van der Waals surface area contributed by atoms with Gasteiger partial charge >= 0.3 is 0 Å². The molecule has 1 aromatic heterocycles. The van der Waals surface area contributed by atoms with Crippen molar-refractivity contribution in [2.75, 3.05) is 18.4 Å².